The van der Waals surface area contributed by atoms with Gasteiger partial charge in [-0.05, 0) is 122 Å². The minimum Gasteiger partial charge on any atom is -0.469 e. The van der Waals surface area contributed by atoms with Crippen LogP contribution in [0.25, 0.3) is 0 Å². The Kier molecular flexibility index (Phi) is 83.4. The monoisotopic (exact) mass is 1290 g/mol. The SMILES string of the molecule is CC(C)=O.CCC(C)CCCN(CCO)CCO.CCCC.CCCCCCCC(=O)C(C)CC.CCCCCCCC(=O)OCC(CC)CC(=O)OCCC(CC)CCOC(=O)CCCC(COCCCCCCCOC)COCCCCCCC(=O)OC. The number of aliphatic hydroxyl groups is 2. The third-order valence-corrected chi connectivity index (χ3v) is 16.0. The third kappa shape index (κ3) is 79.2. The first-order valence-electron chi connectivity index (χ1n) is 36.5. The van der Waals surface area contributed by atoms with Crippen molar-refractivity contribution >= 4 is 35.4 Å². The number of ketones is 2. The van der Waals surface area contributed by atoms with Crippen molar-refractivity contribution in [1.29, 1.82) is 0 Å². The Morgan fingerprint density at radius 2 is 0.833 bits per heavy atom. The van der Waals surface area contributed by atoms with Crippen molar-refractivity contribution < 1.29 is 72.1 Å². The molecule has 5 atom stereocenters. The number of hydrogen-bond donors (Lipinski definition) is 2. The van der Waals surface area contributed by atoms with Gasteiger partial charge in [-0.1, -0.05) is 178 Å². The van der Waals surface area contributed by atoms with Crippen molar-refractivity contribution in [3.8, 4) is 0 Å². The summed E-state index contributed by atoms with van der Waals surface area (Å²) >= 11 is 0. The van der Waals surface area contributed by atoms with E-state index in [4.69, 9.17) is 43.4 Å². The Hall–Kier alpha value is -3.02. The molecule has 0 fully saturated rings. The maximum Gasteiger partial charge on any atom is 0.306 e. The molecule has 0 aromatic rings. The van der Waals surface area contributed by atoms with Crippen molar-refractivity contribution in [2.24, 2.45) is 29.6 Å². The first-order chi connectivity index (χ1) is 43.4. The summed E-state index contributed by atoms with van der Waals surface area (Å²) < 4.78 is 38.4. The highest BCUT2D eigenvalue weighted by atomic mass is 16.5. The highest BCUT2D eigenvalue weighted by Gasteiger charge is 2.18. The van der Waals surface area contributed by atoms with E-state index in [2.05, 4.69) is 60.3 Å². The average Bonchev–Trinajstić information content (AvgIpc) is 3.75. The predicted molar refractivity (Wildman–Crippen MR) is 371 cm³/mol. The fraction of sp³-hybridized carbons (Fsp3) is 0.919. The molecule has 90 heavy (non-hydrogen) atoms. The van der Waals surface area contributed by atoms with Crippen LogP contribution in [0.1, 0.15) is 314 Å². The molecule has 0 aromatic carbocycles. The van der Waals surface area contributed by atoms with Crippen molar-refractivity contribution in [1.82, 2.24) is 4.90 Å². The molecular formula is C74H147NO15. The molecule has 0 amide bonds. The van der Waals surface area contributed by atoms with Gasteiger partial charge in [-0.15, -0.1) is 0 Å². The smallest absolute Gasteiger partial charge is 0.306 e. The predicted octanol–water partition coefficient (Wildman–Crippen LogP) is 17.2. The number of esters is 4. The Labute approximate surface area is 554 Å². The number of carbonyl (C=O) groups is 6. The number of methoxy groups -OCH3 is 2. The molecule has 0 aromatic heterocycles. The molecule has 0 aliphatic rings. The summed E-state index contributed by atoms with van der Waals surface area (Å²) in [5.74, 6) is 1.36. The van der Waals surface area contributed by atoms with E-state index in [9.17, 15) is 28.8 Å². The van der Waals surface area contributed by atoms with Gasteiger partial charge in [0.1, 0.15) is 11.6 Å². The molecule has 0 aliphatic heterocycles. The quantitative estimate of drug-likeness (QED) is 0.0329. The number of hydrogen-bond acceptors (Lipinski definition) is 16. The van der Waals surface area contributed by atoms with Gasteiger partial charge >= 0.3 is 23.9 Å². The van der Waals surface area contributed by atoms with Crippen LogP contribution in [-0.4, -0.2) is 150 Å². The van der Waals surface area contributed by atoms with Crippen LogP contribution in [0, 0.1) is 29.6 Å². The molecule has 0 radical (unpaired) electrons. The van der Waals surface area contributed by atoms with Gasteiger partial charge < -0.3 is 48.2 Å². The zero-order chi connectivity index (χ0) is 68.5. The Morgan fingerprint density at radius 1 is 0.389 bits per heavy atom. The van der Waals surface area contributed by atoms with Gasteiger partial charge in [0.25, 0.3) is 0 Å². The molecule has 0 heterocycles. The molecule has 5 unspecified atom stereocenters. The van der Waals surface area contributed by atoms with E-state index < -0.39 is 0 Å². The summed E-state index contributed by atoms with van der Waals surface area (Å²) in [5, 5.41) is 17.6. The van der Waals surface area contributed by atoms with E-state index in [0.717, 1.165) is 141 Å². The number of Topliss-reactive ketones (excluding diaryl/α,β-unsaturated/α-hetero) is 2. The summed E-state index contributed by atoms with van der Waals surface area (Å²) in [7, 11) is 3.16. The second kappa shape index (κ2) is 78.4. The number of carbonyl (C=O) groups excluding carboxylic acids is 6. The molecule has 16 nitrogen and oxygen atoms in total. The zero-order valence-corrected chi connectivity index (χ0v) is 61.2. The van der Waals surface area contributed by atoms with Gasteiger partial charge in [0.2, 0.25) is 0 Å². The first kappa shape index (κ1) is 95.7. The molecule has 538 valence electrons. The summed E-state index contributed by atoms with van der Waals surface area (Å²) in [5.41, 5.74) is 0. The fourth-order valence-electron chi connectivity index (χ4n) is 9.10. The lowest BCUT2D eigenvalue weighted by Crippen LogP contribution is -2.31. The minimum absolute atomic E-state index is 0.0407. The van der Waals surface area contributed by atoms with Crippen LogP contribution in [0.4, 0.5) is 0 Å². The van der Waals surface area contributed by atoms with E-state index in [-0.39, 0.29) is 79.6 Å². The van der Waals surface area contributed by atoms with E-state index >= 15 is 0 Å². The Balaban J connectivity index is -0.000000550. The average molecular weight is 1290 g/mol. The van der Waals surface area contributed by atoms with Crippen molar-refractivity contribution in [2.45, 2.75) is 314 Å². The number of ether oxygens (including phenoxy) is 7. The number of nitrogens with zero attached hydrogens (tertiary/aromatic N) is 1. The highest BCUT2D eigenvalue weighted by Crippen LogP contribution is 2.18. The fourth-order valence-corrected chi connectivity index (χ4v) is 9.10. The summed E-state index contributed by atoms with van der Waals surface area (Å²) in [6, 6.07) is 0. The van der Waals surface area contributed by atoms with Gasteiger partial charge in [0.05, 0.1) is 59.8 Å². The normalized spacial score (nSPS) is 12.5. The molecule has 0 saturated carbocycles. The topological polar surface area (TPSA) is 211 Å². The van der Waals surface area contributed by atoms with Crippen molar-refractivity contribution in [3.63, 3.8) is 0 Å². The third-order valence-electron chi connectivity index (χ3n) is 16.0. The van der Waals surface area contributed by atoms with Crippen LogP contribution < -0.4 is 0 Å². The standard InChI is InChI=1S/C44H82O11.C12H24O.C11H25NO2.C4H10.C3H6O/c1-6-9-10-12-18-25-43(47)55-37-39(8-3)34-44(48)54-33-28-38(7-2)27-32-53-42(46)26-22-23-40(35-51-30-20-15-11-14-19-29-49-4)36-52-31-21-16-13-17-24-41(45)50-5;1-4-6-7-8-9-10-12(13)11(3)5-2;1-3-11(2)5-4-6-12(7-9-13)8-10-14;1-3-4-2;1-3(2)4/h38-40H,6-37H2,1-5H3;11H,4-10H2,1-3H3;11,13-14H,3-10H2,1-2H3;3-4H2,1-2H3;1-2H3. The van der Waals surface area contributed by atoms with Crippen LogP contribution in [0.2, 0.25) is 0 Å². The van der Waals surface area contributed by atoms with Crippen LogP contribution >= 0.6 is 0 Å². The molecule has 16 heteroatoms. The molecule has 0 spiro atoms. The van der Waals surface area contributed by atoms with Crippen molar-refractivity contribution in [3.05, 3.63) is 0 Å². The Bertz CT molecular complexity index is 1520. The minimum atomic E-state index is -0.265. The number of aliphatic hydroxyl groups excluding tert-OH is 2. The lowest BCUT2D eigenvalue weighted by molar-refractivity contribution is -0.150. The summed E-state index contributed by atoms with van der Waals surface area (Å²) in [6.45, 7) is 31.6. The van der Waals surface area contributed by atoms with Gasteiger partial charge in [-0.3, -0.25) is 28.9 Å². The maximum absolute atomic E-state index is 12.6. The summed E-state index contributed by atoms with van der Waals surface area (Å²) in [4.78, 5) is 71.3. The molecule has 0 saturated heterocycles. The van der Waals surface area contributed by atoms with E-state index in [1.54, 1.807) is 7.11 Å². The van der Waals surface area contributed by atoms with Gasteiger partial charge in [-0.2, -0.15) is 0 Å². The van der Waals surface area contributed by atoms with Gasteiger partial charge in [0.15, 0.2) is 0 Å². The highest BCUT2D eigenvalue weighted by molar-refractivity contribution is 5.80. The van der Waals surface area contributed by atoms with Crippen LogP contribution in [-0.2, 0) is 61.9 Å². The molecule has 0 rings (SSSR count). The van der Waals surface area contributed by atoms with Crippen LogP contribution in [0.3, 0.4) is 0 Å². The second-order valence-electron chi connectivity index (χ2n) is 24.8. The van der Waals surface area contributed by atoms with E-state index in [0.29, 0.717) is 84.0 Å². The van der Waals surface area contributed by atoms with E-state index in [1.165, 1.54) is 98.0 Å². The second-order valence-corrected chi connectivity index (χ2v) is 24.8. The lowest BCUT2D eigenvalue weighted by atomic mass is 9.98. The molecule has 2 N–H and O–H groups in total. The first-order valence-corrected chi connectivity index (χ1v) is 36.5. The van der Waals surface area contributed by atoms with Gasteiger partial charge in [0, 0.05) is 83.5 Å². The van der Waals surface area contributed by atoms with Crippen LogP contribution in [0.5, 0.6) is 0 Å². The van der Waals surface area contributed by atoms with Crippen molar-refractivity contribution in [2.75, 3.05) is 99.9 Å². The largest absolute Gasteiger partial charge is 0.469 e. The number of rotatable bonds is 59. The molecule has 0 aliphatic carbocycles. The Morgan fingerprint density at radius 3 is 1.29 bits per heavy atom. The van der Waals surface area contributed by atoms with Crippen LogP contribution in [0.15, 0.2) is 0 Å². The lowest BCUT2D eigenvalue weighted by Gasteiger charge is -2.20. The molecule has 0 bridgehead atoms. The van der Waals surface area contributed by atoms with Gasteiger partial charge in [-0.25, -0.2) is 0 Å². The zero-order valence-electron chi connectivity index (χ0n) is 61.2. The maximum atomic E-state index is 12.6. The molecular weight excluding hydrogens is 1140 g/mol. The van der Waals surface area contributed by atoms with E-state index in [1.807, 2.05) is 13.8 Å². The number of unbranched alkanes of at least 4 members (excludes halogenated alkanes) is 16. The summed E-state index contributed by atoms with van der Waals surface area (Å²) in [6.07, 6.45) is 35.3.